The molecule has 3 aliphatic rings. The van der Waals surface area contributed by atoms with Crippen molar-refractivity contribution in [3.05, 3.63) is 100.0 Å². The second-order valence-corrected chi connectivity index (χ2v) is 19.4. The van der Waals surface area contributed by atoms with Crippen LogP contribution in [0.5, 0.6) is 11.5 Å². The number of anilines is 2. The summed E-state index contributed by atoms with van der Waals surface area (Å²) in [7, 11) is -0.617. The van der Waals surface area contributed by atoms with E-state index in [1.165, 1.54) is 17.4 Å². The minimum atomic E-state index is -3.84. The molecule has 5 heterocycles. The van der Waals surface area contributed by atoms with Crippen LogP contribution in [0.3, 0.4) is 0 Å². The summed E-state index contributed by atoms with van der Waals surface area (Å²) in [5.74, 6) is 1.44. The third kappa shape index (κ3) is 8.18. The summed E-state index contributed by atoms with van der Waals surface area (Å²) in [6.45, 7) is 7.30. The van der Waals surface area contributed by atoms with Crippen LogP contribution in [-0.2, 0) is 45.4 Å². The van der Waals surface area contributed by atoms with Gasteiger partial charge >= 0.3 is 6.09 Å². The fourth-order valence-corrected chi connectivity index (χ4v) is 10.1. The normalized spacial score (nSPS) is 18.9. The smallest absolute Gasteiger partial charge is 0.410 e. The zero-order valence-electron chi connectivity index (χ0n) is 34.4. The molecular formula is C44H47FN6O7S2. The van der Waals surface area contributed by atoms with Crippen molar-refractivity contribution < 1.29 is 36.6 Å². The molecule has 8 rings (SSSR count). The number of carbonyl (C=O) groups is 1. The Morgan fingerprint density at radius 2 is 1.57 bits per heavy atom. The molecule has 0 aliphatic carbocycles. The summed E-state index contributed by atoms with van der Waals surface area (Å²) < 4.78 is 65.5. The van der Waals surface area contributed by atoms with E-state index >= 15 is 4.39 Å². The van der Waals surface area contributed by atoms with Gasteiger partial charge in [-0.3, -0.25) is 4.90 Å². The minimum Gasteiger partial charge on any atom is -0.497 e. The van der Waals surface area contributed by atoms with Crippen molar-refractivity contribution in [3.63, 3.8) is 0 Å². The molecule has 2 fully saturated rings. The Bertz CT molecular complexity index is 2530. The fourth-order valence-electron chi connectivity index (χ4n) is 8.43. The zero-order valence-corrected chi connectivity index (χ0v) is 36.0. The highest BCUT2D eigenvalue weighted by molar-refractivity contribution is 7.90. The number of rotatable bonds is 10. The Morgan fingerprint density at radius 1 is 0.967 bits per heavy atom. The van der Waals surface area contributed by atoms with E-state index in [0.717, 1.165) is 41.7 Å². The molecule has 1 amide bonds. The Hall–Kier alpha value is -5.50. The highest BCUT2D eigenvalue weighted by atomic mass is 32.2. The third-order valence-electron chi connectivity index (χ3n) is 11.2. The van der Waals surface area contributed by atoms with Crippen molar-refractivity contribution in [2.75, 3.05) is 43.4 Å². The van der Waals surface area contributed by atoms with Crippen molar-refractivity contribution in [1.29, 1.82) is 5.26 Å². The van der Waals surface area contributed by atoms with Crippen molar-refractivity contribution in [2.24, 2.45) is 0 Å². The number of halogens is 1. The number of ether oxygens (including phenoxy) is 4. The van der Waals surface area contributed by atoms with Crippen LogP contribution in [0.25, 0.3) is 10.1 Å². The molecule has 3 aromatic carbocycles. The van der Waals surface area contributed by atoms with Gasteiger partial charge in [0, 0.05) is 49.8 Å². The maximum atomic E-state index is 15.9. The summed E-state index contributed by atoms with van der Waals surface area (Å²) in [5, 5.41) is 11.6. The molecule has 0 N–H and O–H groups in total. The lowest BCUT2D eigenvalue weighted by Crippen LogP contribution is -2.57. The first-order valence-electron chi connectivity index (χ1n) is 19.8. The Kier molecular flexibility index (Phi) is 11.1. The van der Waals surface area contributed by atoms with Gasteiger partial charge in [-0.05, 0) is 80.6 Å². The first-order valence-corrected chi connectivity index (χ1v) is 22.5. The number of nitriles is 1. The molecule has 16 heteroatoms. The second kappa shape index (κ2) is 16.2. The second-order valence-electron chi connectivity index (χ2n) is 16.5. The predicted molar refractivity (Wildman–Crippen MR) is 226 cm³/mol. The van der Waals surface area contributed by atoms with Crippen LogP contribution in [0.1, 0.15) is 73.2 Å². The number of hydrogen-bond acceptors (Lipinski definition) is 13. The number of fused-ring (bicyclic) bond motifs is 4. The minimum absolute atomic E-state index is 0.0554. The van der Waals surface area contributed by atoms with Crippen molar-refractivity contribution in [1.82, 2.24) is 14.9 Å². The number of benzene rings is 3. The molecule has 3 aliphatic heterocycles. The number of hydrogen-bond donors (Lipinski definition) is 0. The Labute approximate surface area is 353 Å². The van der Waals surface area contributed by atoms with Gasteiger partial charge in [0.25, 0.3) is 0 Å². The first kappa shape index (κ1) is 41.2. The van der Waals surface area contributed by atoms with Gasteiger partial charge in [0.15, 0.2) is 0 Å². The Morgan fingerprint density at radius 3 is 2.10 bits per heavy atom. The number of methoxy groups -OCH3 is 2. The molecule has 2 bridgehead atoms. The van der Waals surface area contributed by atoms with E-state index in [-0.39, 0.29) is 36.4 Å². The molecular weight excluding hydrogens is 808 g/mol. The molecule has 0 radical (unpaired) electrons. The molecule has 314 valence electrons. The highest BCUT2D eigenvalue weighted by Crippen LogP contribution is 2.46. The number of aromatic nitrogens is 2. The quantitative estimate of drug-likeness (QED) is 0.127. The van der Waals surface area contributed by atoms with Gasteiger partial charge in [-0.1, -0.05) is 30.3 Å². The summed E-state index contributed by atoms with van der Waals surface area (Å²) >= 11 is 1.21. The lowest BCUT2D eigenvalue weighted by molar-refractivity contribution is 0.0118. The van der Waals surface area contributed by atoms with Gasteiger partial charge in [-0.25, -0.2) is 27.6 Å². The molecule has 2 aromatic heterocycles. The molecule has 0 spiro atoms. The molecule has 0 saturated carbocycles. The maximum Gasteiger partial charge on any atom is 0.410 e. The van der Waals surface area contributed by atoms with Crippen LogP contribution < -0.4 is 19.3 Å². The van der Waals surface area contributed by atoms with Gasteiger partial charge in [0.05, 0.1) is 55.0 Å². The van der Waals surface area contributed by atoms with Crippen LogP contribution in [-0.4, -0.2) is 80.6 Å². The number of carbonyl (C=O) groups excluding carboxylic acids is 1. The van der Waals surface area contributed by atoms with Gasteiger partial charge in [-0.2, -0.15) is 5.26 Å². The monoisotopic (exact) mass is 854 g/mol. The van der Waals surface area contributed by atoms with E-state index in [4.69, 9.17) is 18.9 Å². The lowest BCUT2D eigenvalue weighted by Gasteiger charge is -2.42. The van der Waals surface area contributed by atoms with Gasteiger partial charge in [0.2, 0.25) is 15.0 Å². The van der Waals surface area contributed by atoms with Crippen LogP contribution >= 0.6 is 11.3 Å². The molecule has 2 saturated heterocycles. The van der Waals surface area contributed by atoms with Crippen LogP contribution in [0, 0.1) is 17.1 Å². The Balaban J connectivity index is 1.15. The molecule has 13 nitrogen and oxygen atoms in total. The third-order valence-corrected chi connectivity index (χ3v) is 13.3. The number of thiophene rings is 1. The largest absolute Gasteiger partial charge is 0.497 e. The van der Waals surface area contributed by atoms with Crippen LogP contribution in [0.2, 0.25) is 0 Å². The van der Waals surface area contributed by atoms with E-state index < -0.39 is 27.4 Å². The van der Waals surface area contributed by atoms with Crippen molar-refractivity contribution >= 4 is 48.2 Å². The average molecular weight is 855 g/mol. The van der Waals surface area contributed by atoms with Crippen molar-refractivity contribution in [3.8, 4) is 17.6 Å². The highest BCUT2D eigenvalue weighted by Gasteiger charge is 2.46. The zero-order chi connectivity index (χ0) is 42.5. The molecule has 3 atom stereocenters. The van der Waals surface area contributed by atoms with E-state index in [0.29, 0.717) is 69.5 Å². The van der Waals surface area contributed by atoms with E-state index in [1.807, 2.05) is 79.1 Å². The number of amides is 1. The summed E-state index contributed by atoms with van der Waals surface area (Å²) in [5.41, 5.74) is 3.39. The van der Waals surface area contributed by atoms with Gasteiger partial charge in [-0.15, -0.1) is 11.3 Å². The number of nitrogens with zero attached hydrogens (tertiary/aromatic N) is 6. The summed E-state index contributed by atoms with van der Waals surface area (Å²) in [6, 6.07) is 20.6. The first-order chi connectivity index (χ1) is 28.6. The SMILES string of the molecule is COc1ccc(CN(Cc2ccc(OC)cc2)c2sc3c(F)ccc(C4Cc5nc(S(C)(=O)=O)nc(N6C[C@H]7CC[C@@H](C6)N7C(=O)OC(C)(C)C)c5CO4)c3c2C#N)cc1. The van der Waals surface area contributed by atoms with Crippen LogP contribution in [0.4, 0.5) is 20.0 Å². The van der Waals surface area contributed by atoms with Gasteiger partial charge in [0.1, 0.15) is 39.8 Å². The molecule has 1 unspecified atom stereocenters. The predicted octanol–water partition coefficient (Wildman–Crippen LogP) is 7.73. The average Bonchev–Trinajstić information content (AvgIpc) is 3.74. The fraction of sp³-hybridized carbons (Fsp3) is 0.409. The van der Waals surface area contributed by atoms with Crippen LogP contribution in [0.15, 0.2) is 65.8 Å². The van der Waals surface area contributed by atoms with E-state index in [2.05, 4.69) is 20.9 Å². The summed E-state index contributed by atoms with van der Waals surface area (Å²) in [4.78, 5) is 28.3. The van der Waals surface area contributed by atoms with E-state index in [9.17, 15) is 18.5 Å². The number of piperazine rings is 1. The standard InChI is InChI=1S/C44H47FN6O7S2/c1-44(2,3)58-43(52)51-28-11-12-29(51)24-49(23-28)40-34-25-57-37(19-36(34)47-42(48-40)60(6,53)54)32-17-18-35(45)39-38(32)33(20-46)41(59-39)50(21-26-7-13-30(55-4)14-8-26)22-27-9-15-31(56-5)16-10-27/h7-10,13-18,28-29,37H,11-12,19,21-25H2,1-6H3/t28-,29+,37?. The summed E-state index contributed by atoms with van der Waals surface area (Å²) in [6.07, 6.45) is 1.78. The number of sulfone groups is 1. The maximum absolute atomic E-state index is 15.9. The topological polar surface area (TPSA) is 147 Å². The molecule has 5 aromatic rings. The van der Waals surface area contributed by atoms with Gasteiger partial charge < -0.3 is 28.7 Å². The van der Waals surface area contributed by atoms with Crippen molar-refractivity contribution in [2.45, 2.75) is 88.7 Å². The molecule has 60 heavy (non-hydrogen) atoms. The lowest BCUT2D eigenvalue weighted by atomic mass is 9.95. The van der Waals surface area contributed by atoms with E-state index in [1.54, 1.807) is 20.3 Å².